The molecule has 144 valence electrons. The molecular weight excluding hydrogens is 447 g/mol. The summed E-state index contributed by atoms with van der Waals surface area (Å²) in [5.41, 5.74) is 1.06. The van der Waals surface area contributed by atoms with Gasteiger partial charge in [0, 0.05) is 29.8 Å². The number of thioether (sulfide) groups is 1. The molecule has 1 aromatic rings. The van der Waals surface area contributed by atoms with Crippen LogP contribution in [0.25, 0.3) is 0 Å². The van der Waals surface area contributed by atoms with Gasteiger partial charge in [0.1, 0.15) is 6.54 Å². The van der Waals surface area contributed by atoms with Crippen molar-refractivity contribution in [3.8, 4) is 0 Å². The number of hydrogen-bond donors (Lipinski definition) is 2. The quantitative estimate of drug-likeness (QED) is 0.325. The van der Waals surface area contributed by atoms with Crippen molar-refractivity contribution in [1.29, 1.82) is 0 Å². The fourth-order valence-corrected chi connectivity index (χ4v) is 4.06. The first-order chi connectivity index (χ1) is 11.7. The number of nitrogens with one attached hydrogen (secondary N) is 2. The van der Waals surface area contributed by atoms with E-state index in [1.807, 2.05) is 11.8 Å². The van der Waals surface area contributed by atoms with Gasteiger partial charge in [-0.3, -0.25) is 0 Å². The van der Waals surface area contributed by atoms with E-state index in [1.165, 1.54) is 19.3 Å². The van der Waals surface area contributed by atoms with Crippen LogP contribution in [0.15, 0.2) is 15.6 Å². The zero-order valence-corrected chi connectivity index (χ0v) is 19.0. The number of hydrogen-bond acceptors (Lipinski definition) is 4. The van der Waals surface area contributed by atoms with Crippen molar-refractivity contribution < 1.29 is 4.52 Å². The minimum absolute atomic E-state index is 0. The molecule has 1 aliphatic carbocycles. The molecule has 1 saturated carbocycles. The average molecular weight is 480 g/mol. The molecule has 25 heavy (non-hydrogen) atoms. The van der Waals surface area contributed by atoms with Crippen molar-refractivity contribution in [2.24, 2.45) is 4.99 Å². The first-order valence-electron chi connectivity index (χ1n) is 9.23. The maximum Gasteiger partial charge on any atom is 0.191 e. The Morgan fingerprint density at radius 2 is 2.12 bits per heavy atom. The lowest BCUT2D eigenvalue weighted by Gasteiger charge is -2.16. The fourth-order valence-electron chi connectivity index (χ4n) is 3.26. The summed E-state index contributed by atoms with van der Waals surface area (Å²) in [6.07, 6.45) is 8.11. The van der Waals surface area contributed by atoms with Crippen LogP contribution in [-0.2, 0) is 6.54 Å². The number of halogens is 1. The van der Waals surface area contributed by atoms with Crippen molar-refractivity contribution in [1.82, 2.24) is 15.8 Å². The average Bonchev–Trinajstić information content (AvgIpc) is 3.23. The molecule has 1 aliphatic rings. The Morgan fingerprint density at radius 1 is 1.36 bits per heavy atom. The molecule has 0 aliphatic heterocycles. The molecule has 1 aromatic heterocycles. The van der Waals surface area contributed by atoms with E-state index in [-0.39, 0.29) is 24.0 Å². The molecule has 0 amide bonds. The Hall–Kier alpha value is -0.440. The van der Waals surface area contributed by atoms with Crippen LogP contribution >= 0.6 is 35.7 Å². The van der Waals surface area contributed by atoms with Gasteiger partial charge in [-0.15, -0.1) is 24.0 Å². The predicted molar refractivity (Wildman–Crippen MR) is 118 cm³/mol. The van der Waals surface area contributed by atoms with Crippen LogP contribution < -0.4 is 10.6 Å². The van der Waals surface area contributed by atoms with Gasteiger partial charge < -0.3 is 15.2 Å². The second-order valence-electron chi connectivity index (χ2n) is 6.44. The van der Waals surface area contributed by atoms with Crippen LogP contribution in [-0.4, -0.2) is 35.2 Å². The van der Waals surface area contributed by atoms with Gasteiger partial charge in [-0.05, 0) is 45.3 Å². The van der Waals surface area contributed by atoms with Crippen LogP contribution in [0, 0.1) is 0 Å². The van der Waals surface area contributed by atoms with Gasteiger partial charge in [-0.25, -0.2) is 4.99 Å². The maximum atomic E-state index is 5.47. The Balaban J connectivity index is 0.00000312. The van der Waals surface area contributed by atoms with E-state index in [0.717, 1.165) is 42.1 Å². The van der Waals surface area contributed by atoms with E-state index < -0.39 is 0 Å². The highest BCUT2D eigenvalue weighted by Gasteiger charge is 2.24. The maximum absolute atomic E-state index is 5.47. The molecule has 0 aromatic carbocycles. The third-order valence-electron chi connectivity index (χ3n) is 4.78. The summed E-state index contributed by atoms with van der Waals surface area (Å²) in [6, 6.07) is 2.58. The highest BCUT2D eigenvalue weighted by molar-refractivity contribution is 14.0. The highest BCUT2D eigenvalue weighted by Crippen LogP contribution is 2.28. The van der Waals surface area contributed by atoms with Crippen molar-refractivity contribution >= 4 is 41.7 Å². The lowest BCUT2D eigenvalue weighted by molar-refractivity contribution is 0.372. The van der Waals surface area contributed by atoms with Crippen LogP contribution in [0.5, 0.6) is 0 Å². The number of rotatable bonds is 8. The fraction of sp³-hybridized carbons (Fsp3) is 0.778. The number of nitrogens with zero attached hydrogens (tertiary/aromatic N) is 2. The minimum Gasteiger partial charge on any atom is -0.359 e. The summed E-state index contributed by atoms with van der Waals surface area (Å²) >= 11 is 1.97. The summed E-state index contributed by atoms with van der Waals surface area (Å²) in [6.45, 7) is 7.87. The third kappa shape index (κ3) is 7.00. The van der Waals surface area contributed by atoms with E-state index in [4.69, 9.17) is 4.52 Å². The van der Waals surface area contributed by atoms with Gasteiger partial charge in [0.05, 0.1) is 5.69 Å². The molecule has 2 rings (SSSR count). The van der Waals surface area contributed by atoms with Gasteiger partial charge in [-0.2, -0.15) is 11.8 Å². The first kappa shape index (κ1) is 22.6. The SMILES string of the molecule is CCNC(=NCc1cc(C(CC)CC)no1)NC1CCC(SC)C1.I. The van der Waals surface area contributed by atoms with E-state index in [0.29, 0.717) is 18.5 Å². The molecule has 7 heteroatoms. The summed E-state index contributed by atoms with van der Waals surface area (Å²) in [7, 11) is 0. The third-order valence-corrected chi connectivity index (χ3v) is 5.87. The van der Waals surface area contributed by atoms with Gasteiger partial charge in [0.25, 0.3) is 0 Å². The molecule has 2 atom stereocenters. The van der Waals surface area contributed by atoms with Gasteiger partial charge in [-0.1, -0.05) is 19.0 Å². The largest absolute Gasteiger partial charge is 0.359 e. The molecule has 0 saturated heterocycles. The first-order valence-corrected chi connectivity index (χ1v) is 10.5. The number of guanidine groups is 1. The van der Waals surface area contributed by atoms with Crippen LogP contribution in [0.1, 0.15) is 70.2 Å². The number of aliphatic imine (C=N–C) groups is 1. The highest BCUT2D eigenvalue weighted by atomic mass is 127. The number of aromatic nitrogens is 1. The van der Waals surface area contributed by atoms with Crippen molar-refractivity contribution in [2.75, 3.05) is 12.8 Å². The van der Waals surface area contributed by atoms with Gasteiger partial charge in [0.2, 0.25) is 0 Å². The van der Waals surface area contributed by atoms with Crippen LogP contribution in [0.2, 0.25) is 0 Å². The molecule has 0 spiro atoms. The molecule has 2 N–H and O–H groups in total. The Kier molecular flexibility index (Phi) is 10.9. The topological polar surface area (TPSA) is 62.5 Å². The van der Waals surface area contributed by atoms with E-state index >= 15 is 0 Å². The predicted octanol–water partition coefficient (Wildman–Crippen LogP) is 4.54. The minimum atomic E-state index is 0. The molecule has 1 heterocycles. The normalized spacial score (nSPS) is 20.6. The Bertz CT molecular complexity index is 519. The molecule has 0 radical (unpaired) electrons. The van der Waals surface area contributed by atoms with Crippen molar-refractivity contribution in [2.45, 2.75) is 76.6 Å². The summed E-state index contributed by atoms with van der Waals surface area (Å²) in [5, 5.41) is 11.9. The zero-order chi connectivity index (χ0) is 17.4. The van der Waals surface area contributed by atoms with Crippen molar-refractivity contribution in [3.05, 3.63) is 17.5 Å². The van der Waals surface area contributed by atoms with Gasteiger partial charge in [0.15, 0.2) is 11.7 Å². The Morgan fingerprint density at radius 3 is 2.72 bits per heavy atom. The molecular formula is C18H33IN4OS. The second kappa shape index (κ2) is 12.0. The standard InChI is InChI=1S/C18H32N4OS.HI/c1-5-13(6-2)17-11-15(23-22-17)12-20-18(19-7-3)21-14-8-9-16(10-14)24-4;/h11,13-14,16H,5-10,12H2,1-4H3,(H2,19,20,21);1H. The van der Waals surface area contributed by atoms with Gasteiger partial charge >= 0.3 is 0 Å². The summed E-state index contributed by atoms with van der Waals surface area (Å²) in [5.74, 6) is 2.20. The van der Waals surface area contributed by atoms with Crippen LogP contribution in [0.3, 0.4) is 0 Å². The molecule has 1 fully saturated rings. The lowest BCUT2D eigenvalue weighted by atomic mass is 9.99. The summed E-state index contributed by atoms with van der Waals surface area (Å²) in [4.78, 5) is 4.68. The summed E-state index contributed by atoms with van der Waals surface area (Å²) < 4.78 is 5.47. The Labute approximate surface area is 173 Å². The molecule has 0 bridgehead atoms. The molecule has 2 unspecified atom stereocenters. The smallest absolute Gasteiger partial charge is 0.191 e. The van der Waals surface area contributed by atoms with E-state index in [9.17, 15) is 0 Å². The lowest BCUT2D eigenvalue weighted by Crippen LogP contribution is -2.42. The zero-order valence-electron chi connectivity index (χ0n) is 15.9. The monoisotopic (exact) mass is 480 g/mol. The van der Waals surface area contributed by atoms with E-state index in [2.05, 4.69) is 53.9 Å². The molecule has 5 nitrogen and oxygen atoms in total. The van der Waals surface area contributed by atoms with Crippen LogP contribution in [0.4, 0.5) is 0 Å². The van der Waals surface area contributed by atoms with E-state index in [1.54, 1.807) is 0 Å². The second-order valence-corrected chi connectivity index (χ2v) is 7.58. The van der Waals surface area contributed by atoms with Crippen molar-refractivity contribution in [3.63, 3.8) is 0 Å².